The zero-order valence-electron chi connectivity index (χ0n) is 12.9. The molecule has 0 unspecified atom stereocenters. The van der Waals surface area contributed by atoms with Crippen molar-refractivity contribution in [3.63, 3.8) is 0 Å². The molecule has 0 atom stereocenters. The third-order valence-electron chi connectivity index (χ3n) is 3.79. The first-order valence-corrected chi connectivity index (χ1v) is 7.49. The molecule has 0 aliphatic carbocycles. The van der Waals surface area contributed by atoms with Crippen LogP contribution in [0.2, 0.25) is 0 Å². The number of carbonyl (C=O) groups excluding carboxylic acids is 2. The smallest absolute Gasteiger partial charge is 0.321 e. The highest BCUT2D eigenvalue weighted by molar-refractivity contribution is 5.94. The summed E-state index contributed by atoms with van der Waals surface area (Å²) >= 11 is 0. The van der Waals surface area contributed by atoms with Crippen LogP contribution < -0.4 is 16.0 Å². The molecule has 0 aromatic heterocycles. The van der Waals surface area contributed by atoms with Crippen LogP contribution in [0.1, 0.15) is 33.1 Å². The standard InChI is InChI=1S/C14H28N4O2/c1-11(2)18(10-12-4-7-16-8-5-12)9-6-13(19)17-14(20)15-3/h11-12,16H,4-10H2,1-3H3,(H2,15,17,19,20). The zero-order chi connectivity index (χ0) is 15.0. The van der Waals surface area contributed by atoms with E-state index in [4.69, 9.17) is 0 Å². The highest BCUT2D eigenvalue weighted by Crippen LogP contribution is 2.15. The second kappa shape index (κ2) is 8.92. The van der Waals surface area contributed by atoms with E-state index >= 15 is 0 Å². The Kier molecular flexibility index (Phi) is 7.54. The molecule has 1 rings (SSSR count). The molecule has 3 N–H and O–H groups in total. The molecule has 0 bridgehead atoms. The Labute approximate surface area is 121 Å². The molecule has 0 spiro atoms. The summed E-state index contributed by atoms with van der Waals surface area (Å²) in [5.41, 5.74) is 0. The minimum Gasteiger partial charge on any atom is -0.341 e. The topological polar surface area (TPSA) is 73.5 Å². The molecule has 1 heterocycles. The first-order chi connectivity index (χ1) is 9.52. The number of amides is 3. The fraction of sp³-hybridized carbons (Fsp3) is 0.857. The van der Waals surface area contributed by atoms with E-state index in [-0.39, 0.29) is 5.91 Å². The minimum absolute atomic E-state index is 0.222. The molecule has 6 heteroatoms. The summed E-state index contributed by atoms with van der Waals surface area (Å²) in [5, 5.41) is 8.05. The number of hydrogen-bond donors (Lipinski definition) is 3. The van der Waals surface area contributed by atoms with Gasteiger partial charge in [0.15, 0.2) is 0 Å². The van der Waals surface area contributed by atoms with E-state index in [0.29, 0.717) is 24.9 Å². The maximum absolute atomic E-state index is 11.6. The lowest BCUT2D eigenvalue weighted by atomic mass is 9.97. The van der Waals surface area contributed by atoms with E-state index in [9.17, 15) is 9.59 Å². The van der Waals surface area contributed by atoms with Gasteiger partial charge in [-0.25, -0.2) is 4.79 Å². The van der Waals surface area contributed by atoms with Gasteiger partial charge >= 0.3 is 6.03 Å². The zero-order valence-corrected chi connectivity index (χ0v) is 12.9. The second-order valence-electron chi connectivity index (χ2n) is 5.66. The van der Waals surface area contributed by atoms with Crippen LogP contribution in [0.15, 0.2) is 0 Å². The molecule has 3 amide bonds. The lowest BCUT2D eigenvalue weighted by Gasteiger charge is -2.32. The Bertz CT molecular complexity index is 314. The molecule has 0 aromatic carbocycles. The van der Waals surface area contributed by atoms with Crippen molar-refractivity contribution in [1.29, 1.82) is 0 Å². The molecule has 0 saturated carbocycles. The molecule has 1 aliphatic heterocycles. The molecule has 0 radical (unpaired) electrons. The summed E-state index contributed by atoms with van der Waals surface area (Å²) in [5.74, 6) is 0.487. The number of imide groups is 1. The fourth-order valence-corrected chi connectivity index (χ4v) is 2.45. The van der Waals surface area contributed by atoms with Gasteiger partial charge in [-0.05, 0) is 45.7 Å². The average Bonchev–Trinajstić information content (AvgIpc) is 2.44. The van der Waals surface area contributed by atoms with Crippen molar-refractivity contribution >= 4 is 11.9 Å². The summed E-state index contributed by atoms with van der Waals surface area (Å²) in [4.78, 5) is 25.0. The average molecular weight is 284 g/mol. The van der Waals surface area contributed by atoms with E-state index < -0.39 is 6.03 Å². The Morgan fingerprint density at radius 1 is 1.30 bits per heavy atom. The number of nitrogens with zero attached hydrogens (tertiary/aromatic N) is 1. The van der Waals surface area contributed by atoms with Gasteiger partial charge in [-0.15, -0.1) is 0 Å². The summed E-state index contributed by atoms with van der Waals surface area (Å²) < 4.78 is 0. The lowest BCUT2D eigenvalue weighted by Crippen LogP contribution is -2.42. The quantitative estimate of drug-likeness (QED) is 0.666. The number of rotatable bonds is 6. The molecule has 116 valence electrons. The Balaban J connectivity index is 2.34. The summed E-state index contributed by atoms with van der Waals surface area (Å²) in [7, 11) is 1.50. The second-order valence-corrected chi connectivity index (χ2v) is 5.66. The third-order valence-corrected chi connectivity index (χ3v) is 3.79. The monoisotopic (exact) mass is 284 g/mol. The SMILES string of the molecule is CNC(=O)NC(=O)CCN(CC1CCNCC1)C(C)C. The maximum atomic E-state index is 11.6. The van der Waals surface area contributed by atoms with Gasteiger partial charge < -0.3 is 15.5 Å². The van der Waals surface area contributed by atoms with E-state index in [0.717, 1.165) is 19.6 Å². The van der Waals surface area contributed by atoms with Crippen molar-refractivity contribution in [3.8, 4) is 0 Å². The summed E-state index contributed by atoms with van der Waals surface area (Å²) in [6, 6.07) is -0.0258. The van der Waals surface area contributed by atoms with Gasteiger partial charge in [-0.1, -0.05) is 0 Å². The molecule has 6 nitrogen and oxygen atoms in total. The van der Waals surface area contributed by atoms with E-state index in [1.54, 1.807) is 0 Å². The third kappa shape index (κ3) is 6.34. The Morgan fingerprint density at radius 3 is 2.50 bits per heavy atom. The van der Waals surface area contributed by atoms with Crippen molar-refractivity contribution in [3.05, 3.63) is 0 Å². The predicted octanol–water partition coefficient (Wildman–Crippen LogP) is 0.542. The maximum Gasteiger partial charge on any atom is 0.321 e. The molecular weight excluding hydrogens is 256 g/mol. The van der Waals surface area contributed by atoms with Crippen LogP contribution in [0.3, 0.4) is 0 Å². The van der Waals surface area contributed by atoms with Gasteiger partial charge in [0.2, 0.25) is 5.91 Å². The number of piperidine rings is 1. The molecule has 1 aliphatic rings. The van der Waals surface area contributed by atoms with Gasteiger partial charge in [0.25, 0.3) is 0 Å². The van der Waals surface area contributed by atoms with Crippen molar-refractivity contribution < 1.29 is 9.59 Å². The van der Waals surface area contributed by atoms with E-state index in [1.807, 2.05) is 0 Å². The van der Waals surface area contributed by atoms with Gasteiger partial charge in [-0.2, -0.15) is 0 Å². The molecular formula is C14H28N4O2. The summed E-state index contributed by atoms with van der Waals surface area (Å²) in [6.45, 7) is 8.22. The van der Waals surface area contributed by atoms with Gasteiger partial charge in [0.05, 0.1) is 0 Å². The predicted molar refractivity (Wildman–Crippen MR) is 79.5 cm³/mol. The van der Waals surface area contributed by atoms with Crippen molar-refractivity contribution in [1.82, 2.24) is 20.9 Å². The van der Waals surface area contributed by atoms with Crippen LogP contribution >= 0.6 is 0 Å². The minimum atomic E-state index is -0.440. The first kappa shape index (κ1) is 16.9. The fourth-order valence-electron chi connectivity index (χ4n) is 2.45. The van der Waals surface area contributed by atoms with E-state index in [2.05, 4.69) is 34.7 Å². The molecule has 1 fully saturated rings. The molecule has 1 saturated heterocycles. The van der Waals surface area contributed by atoms with Crippen LogP contribution in [0.5, 0.6) is 0 Å². The van der Waals surface area contributed by atoms with Crippen LogP contribution in [0.4, 0.5) is 4.79 Å². The highest BCUT2D eigenvalue weighted by atomic mass is 16.2. The number of nitrogens with one attached hydrogen (secondary N) is 3. The van der Waals surface area contributed by atoms with Crippen molar-refractivity contribution in [2.75, 3.05) is 33.2 Å². The number of carbonyl (C=O) groups is 2. The molecule has 0 aromatic rings. The van der Waals surface area contributed by atoms with E-state index in [1.165, 1.54) is 19.9 Å². The van der Waals surface area contributed by atoms with Crippen LogP contribution in [0, 0.1) is 5.92 Å². The van der Waals surface area contributed by atoms with Crippen molar-refractivity contribution in [2.45, 2.75) is 39.2 Å². The largest absolute Gasteiger partial charge is 0.341 e. The first-order valence-electron chi connectivity index (χ1n) is 7.49. The van der Waals surface area contributed by atoms with Crippen LogP contribution in [-0.2, 0) is 4.79 Å². The molecule has 20 heavy (non-hydrogen) atoms. The van der Waals surface area contributed by atoms with Gasteiger partial charge in [0.1, 0.15) is 0 Å². The summed E-state index contributed by atoms with van der Waals surface area (Å²) in [6.07, 6.45) is 2.76. The number of urea groups is 1. The highest BCUT2D eigenvalue weighted by Gasteiger charge is 2.19. The van der Waals surface area contributed by atoms with Gasteiger partial charge in [-0.3, -0.25) is 10.1 Å². The van der Waals surface area contributed by atoms with Crippen LogP contribution in [0.25, 0.3) is 0 Å². The normalized spacial score (nSPS) is 16.4. The van der Waals surface area contributed by atoms with Crippen molar-refractivity contribution in [2.24, 2.45) is 5.92 Å². The Hall–Kier alpha value is -1.14. The Morgan fingerprint density at radius 2 is 1.95 bits per heavy atom. The number of hydrogen-bond acceptors (Lipinski definition) is 4. The lowest BCUT2D eigenvalue weighted by molar-refractivity contribution is -0.120. The van der Waals surface area contributed by atoms with Crippen LogP contribution in [-0.4, -0.2) is 56.1 Å². The van der Waals surface area contributed by atoms with Gasteiger partial charge in [0, 0.05) is 32.6 Å².